The molecule has 3 aromatic carbocycles. The summed E-state index contributed by atoms with van der Waals surface area (Å²) in [7, 11) is 1.56. The Bertz CT molecular complexity index is 1250. The van der Waals surface area contributed by atoms with Crippen molar-refractivity contribution in [3.8, 4) is 16.9 Å². The Hall–Kier alpha value is -3.48. The second-order valence-electron chi connectivity index (χ2n) is 7.93. The quantitative estimate of drug-likeness (QED) is 0.410. The molecule has 3 aromatic rings. The number of carbonyl (C=O) groups is 1. The first kappa shape index (κ1) is 21.4. The van der Waals surface area contributed by atoms with Gasteiger partial charge < -0.3 is 24.8 Å². The van der Waals surface area contributed by atoms with Crippen molar-refractivity contribution in [2.75, 3.05) is 43.6 Å². The SMILES string of the molecule is COc1cccc(/C(O)=C2\C(=O)Nc3cc(Cl)c(-c4ccc(N5CCOCC5)cc4)cc32)c1. The fourth-order valence-corrected chi connectivity index (χ4v) is 4.51. The number of hydrogen-bond acceptors (Lipinski definition) is 5. The predicted molar refractivity (Wildman–Crippen MR) is 131 cm³/mol. The third-order valence-electron chi connectivity index (χ3n) is 5.99. The van der Waals surface area contributed by atoms with Crippen molar-refractivity contribution in [1.29, 1.82) is 0 Å². The zero-order chi connectivity index (χ0) is 22.9. The van der Waals surface area contributed by atoms with Crippen molar-refractivity contribution in [2.45, 2.75) is 0 Å². The first-order chi connectivity index (χ1) is 16.0. The molecule has 168 valence electrons. The van der Waals surface area contributed by atoms with Gasteiger partial charge >= 0.3 is 0 Å². The van der Waals surface area contributed by atoms with Crippen LogP contribution >= 0.6 is 11.6 Å². The van der Waals surface area contributed by atoms with Gasteiger partial charge in [-0.25, -0.2) is 0 Å². The second kappa shape index (κ2) is 8.81. The van der Waals surface area contributed by atoms with E-state index < -0.39 is 0 Å². The highest BCUT2D eigenvalue weighted by atomic mass is 35.5. The molecule has 2 aliphatic rings. The standard InChI is InChI=1S/C26H23ClN2O4/c1-32-19-4-2-3-17(13-19)25(30)24-21-14-20(22(27)15-23(21)28-26(24)31)16-5-7-18(8-6-16)29-9-11-33-12-10-29/h2-8,13-15,30H,9-12H2,1H3,(H,28,31)/b25-24+. The van der Waals surface area contributed by atoms with Gasteiger partial charge in [0.15, 0.2) is 0 Å². The van der Waals surface area contributed by atoms with Gasteiger partial charge in [-0.15, -0.1) is 0 Å². The van der Waals surface area contributed by atoms with E-state index in [0.29, 0.717) is 27.6 Å². The van der Waals surface area contributed by atoms with Crippen molar-refractivity contribution in [3.63, 3.8) is 0 Å². The number of methoxy groups -OCH3 is 1. The van der Waals surface area contributed by atoms with Crippen LogP contribution in [0.3, 0.4) is 0 Å². The molecule has 0 bridgehead atoms. The topological polar surface area (TPSA) is 71.0 Å². The third kappa shape index (κ3) is 4.03. The monoisotopic (exact) mass is 462 g/mol. The number of fused-ring (bicyclic) bond motifs is 1. The summed E-state index contributed by atoms with van der Waals surface area (Å²) >= 11 is 6.59. The molecule has 2 N–H and O–H groups in total. The second-order valence-corrected chi connectivity index (χ2v) is 8.34. The summed E-state index contributed by atoms with van der Waals surface area (Å²) in [6.07, 6.45) is 0. The van der Waals surface area contributed by atoms with Crippen LogP contribution in [-0.4, -0.2) is 44.4 Å². The van der Waals surface area contributed by atoms with Crippen LogP contribution in [0, 0.1) is 0 Å². The number of amides is 1. The lowest BCUT2D eigenvalue weighted by atomic mass is 9.97. The Morgan fingerprint density at radius 2 is 1.82 bits per heavy atom. The van der Waals surface area contributed by atoms with Crippen molar-refractivity contribution in [3.05, 3.63) is 76.8 Å². The summed E-state index contributed by atoms with van der Waals surface area (Å²) in [6.45, 7) is 3.19. The van der Waals surface area contributed by atoms with Crippen LogP contribution in [0.15, 0.2) is 60.7 Å². The third-order valence-corrected chi connectivity index (χ3v) is 6.30. The average molecular weight is 463 g/mol. The van der Waals surface area contributed by atoms with Gasteiger partial charge in [-0.3, -0.25) is 4.79 Å². The van der Waals surface area contributed by atoms with Gasteiger partial charge in [0, 0.05) is 35.5 Å². The highest BCUT2D eigenvalue weighted by Crippen LogP contribution is 2.42. The lowest BCUT2D eigenvalue weighted by Crippen LogP contribution is -2.36. The number of nitrogens with zero attached hydrogens (tertiary/aromatic N) is 1. The molecular weight excluding hydrogens is 440 g/mol. The Balaban J connectivity index is 1.54. The summed E-state index contributed by atoms with van der Waals surface area (Å²) in [5.41, 5.74) is 4.74. The molecule has 33 heavy (non-hydrogen) atoms. The number of benzene rings is 3. The van der Waals surface area contributed by atoms with Gasteiger partial charge in [-0.2, -0.15) is 0 Å². The zero-order valence-electron chi connectivity index (χ0n) is 18.1. The van der Waals surface area contributed by atoms with E-state index in [0.717, 1.165) is 43.1 Å². The van der Waals surface area contributed by atoms with E-state index in [-0.39, 0.29) is 17.2 Å². The van der Waals surface area contributed by atoms with Crippen molar-refractivity contribution in [2.24, 2.45) is 0 Å². The minimum Gasteiger partial charge on any atom is -0.506 e. The van der Waals surface area contributed by atoms with E-state index in [1.807, 2.05) is 18.2 Å². The number of halogens is 1. The number of anilines is 2. The van der Waals surface area contributed by atoms with E-state index in [4.69, 9.17) is 21.1 Å². The Kier molecular flexibility index (Phi) is 5.70. The molecule has 7 heteroatoms. The van der Waals surface area contributed by atoms with Gasteiger partial charge in [0.1, 0.15) is 11.5 Å². The number of nitrogens with one attached hydrogen (secondary N) is 1. The van der Waals surface area contributed by atoms with Crippen molar-refractivity contribution >= 4 is 40.2 Å². The predicted octanol–water partition coefficient (Wildman–Crippen LogP) is 5.23. The summed E-state index contributed by atoms with van der Waals surface area (Å²) in [6, 6.07) is 18.7. The van der Waals surface area contributed by atoms with E-state index in [1.54, 1.807) is 37.4 Å². The summed E-state index contributed by atoms with van der Waals surface area (Å²) in [4.78, 5) is 15.0. The number of morpholine rings is 1. The van der Waals surface area contributed by atoms with Crippen molar-refractivity contribution < 1.29 is 19.4 Å². The largest absolute Gasteiger partial charge is 0.506 e. The van der Waals surface area contributed by atoms with Crippen LogP contribution in [0.5, 0.6) is 5.75 Å². The summed E-state index contributed by atoms with van der Waals surface area (Å²) < 4.78 is 10.7. The molecule has 0 spiro atoms. The molecule has 2 aliphatic heterocycles. The minimum absolute atomic E-state index is 0.110. The number of rotatable bonds is 4. The van der Waals surface area contributed by atoms with Crippen molar-refractivity contribution in [1.82, 2.24) is 0 Å². The van der Waals surface area contributed by atoms with Gasteiger partial charge in [0.05, 0.1) is 36.6 Å². The number of hydrogen-bond donors (Lipinski definition) is 2. The molecule has 0 aromatic heterocycles. The normalized spacial score (nSPS) is 16.9. The molecular formula is C26H23ClN2O4. The maximum Gasteiger partial charge on any atom is 0.260 e. The number of aliphatic hydroxyl groups is 1. The lowest BCUT2D eigenvalue weighted by Gasteiger charge is -2.29. The lowest BCUT2D eigenvalue weighted by molar-refractivity contribution is -0.110. The van der Waals surface area contributed by atoms with E-state index in [1.165, 1.54) is 0 Å². The molecule has 1 saturated heterocycles. The highest BCUT2D eigenvalue weighted by Gasteiger charge is 2.30. The smallest absolute Gasteiger partial charge is 0.260 e. The number of ether oxygens (including phenoxy) is 2. The number of carbonyl (C=O) groups excluding carboxylic acids is 1. The molecule has 2 heterocycles. The minimum atomic E-state index is -0.374. The maximum atomic E-state index is 12.8. The van der Waals surface area contributed by atoms with Crippen LogP contribution < -0.4 is 15.0 Å². The number of aliphatic hydroxyl groups excluding tert-OH is 1. The maximum absolute atomic E-state index is 12.8. The Morgan fingerprint density at radius 3 is 2.55 bits per heavy atom. The van der Waals surface area contributed by atoms with E-state index in [2.05, 4.69) is 22.3 Å². The van der Waals surface area contributed by atoms with Gasteiger partial charge in [0.25, 0.3) is 5.91 Å². The van der Waals surface area contributed by atoms with Gasteiger partial charge in [-0.05, 0) is 42.0 Å². The Labute approximate surface area is 197 Å². The van der Waals surface area contributed by atoms with Crippen LogP contribution in [0.25, 0.3) is 22.5 Å². The zero-order valence-corrected chi connectivity index (χ0v) is 18.9. The Morgan fingerprint density at radius 1 is 1.06 bits per heavy atom. The molecule has 0 atom stereocenters. The van der Waals surface area contributed by atoms with E-state index >= 15 is 0 Å². The molecule has 0 saturated carbocycles. The van der Waals surface area contributed by atoms with Gasteiger partial charge in [0.2, 0.25) is 0 Å². The molecule has 1 fully saturated rings. The molecule has 1 amide bonds. The fourth-order valence-electron chi connectivity index (χ4n) is 4.24. The summed E-state index contributed by atoms with van der Waals surface area (Å²) in [5, 5.41) is 14.3. The molecule has 0 unspecified atom stereocenters. The van der Waals surface area contributed by atoms with Crippen LogP contribution in [0.1, 0.15) is 11.1 Å². The first-order valence-electron chi connectivity index (χ1n) is 10.7. The molecule has 5 rings (SSSR count). The first-order valence-corrected chi connectivity index (χ1v) is 11.1. The fraction of sp³-hybridized carbons (Fsp3) is 0.192. The average Bonchev–Trinajstić information content (AvgIpc) is 3.18. The summed E-state index contributed by atoms with van der Waals surface area (Å²) in [5.74, 6) is 0.109. The molecule has 6 nitrogen and oxygen atoms in total. The highest BCUT2D eigenvalue weighted by molar-refractivity contribution is 6.38. The van der Waals surface area contributed by atoms with Gasteiger partial charge in [-0.1, -0.05) is 35.9 Å². The van der Waals surface area contributed by atoms with Crippen LogP contribution in [0.4, 0.5) is 11.4 Å². The van der Waals surface area contributed by atoms with E-state index in [9.17, 15) is 9.90 Å². The van der Waals surface area contributed by atoms with Crippen LogP contribution in [0.2, 0.25) is 5.02 Å². The molecule has 0 radical (unpaired) electrons. The van der Waals surface area contributed by atoms with Crippen LogP contribution in [-0.2, 0) is 9.53 Å². The molecule has 0 aliphatic carbocycles.